The van der Waals surface area contributed by atoms with Gasteiger partial charge in [-0.3, -0.25) is 0 Å². The molecule has 3 aromatic rings. The number of hydrogen-bond acceptors (Lipinski definition) is 5. The van der Waals surface area contributed by atoms with Gasteiger partial charge < -0.3 is 15.0 Å². The molecule has 0 aliphatic rings. The Morgan fingerprint density at radius 2 is 1.50 bits per heavy atom. The Morgan fingerprint density at radius 1 is 0.909 bits per heavy atom. The summed E-state index contributed by atoms with van der Waals surface area (Å²) in [6.07, 6.45) is 0. The molecule has 0 unspecified atom stereocenters. The fourth-order valence-electron chi connectivity index (χ4n) is 2.20. The van der Waals surface area contributed by atoms with Crippen molar-refractivity contribution in [2.75, 3.05) is 5.73 Å². The molecule has 0 bridgehead atoms. The Labute approximate surface area is 127 Å². The number of aromatic hydroxyl groups is 1. The summed E-state index contributed by atoms with van der Waals surface area (Å²) >= 11 is 0. The monoisotopic (exact) mass is 315 g/mol. The number of para-hydroxylation sites is 1. The first-order valence-electron chi connectivity index (χ1n) is 6.49. The van der Waals surface area contributed by atoms with Crippen molar-refractivity contribution in [2.24, 2.45) is 0 Å². The second-order valence-corrected chi connectivity index (χ2v) is 6.22. The highest BCUT2D eigenvalue weighted by atomic mass is 32.2. The van der Waals surface area contributed by atoms with Gasteiger partial charge in [-0.15, -0.1) is 0 Å². The van der Waals surface area contributed by atoms with E-state index in [1.165, 1.54) is 12.1 Å². The fraction of sp³-hybridized carbons (Fsp3) is 0. The van der Waals surface area contributed by atoms with Crippen molar-refractivity contribution in [1.29, 1.82) is 0 Å². The van der Waals surface area contributed by atoms with E-state index in [9.17, 15) is 13.5 Å². The van der Waals surface area contributed by atoms with Gasteiger partial charge in [-0.2, -0.15) is 8.42 Å². The molecule has 3 aromatic carbocycles. The van der Waals surface area contributed by atoms with E-state index < -0.39 is 10.1 Å². The van der Waals surface area contributed by atoms with E-state index in [2.05, 4.69) is 0 Å². The van der Waals surface area contributed by atoms with Gasteiger partial charge in [0.1, 0.15) is 16.4 Å². The van der Waals surface area contributed by atoms with E-state index in [0.717, 1.165) is 6.07 Å². The minimum Gasteiger partial charge on any atom is -0.506 e. The van der Waals surface area contributed by atoms with Crippen molar-refractivity contribution in [1.82, 2.24) is 0 Å². The lowest BCUT2D eigenvalue weighted by Crippen LogP contribution is -2.10. The molecule has 3 N–H and O–H groups in total. The quantitative estimate of drug-likeness (QED) is 0.441. The van der Waals surface area contributed by atoms with Gasteiger partial charge in [0.05, 0.1) is 5.69 Å². The van der Waals surface area contributed by atoms with Crippen LogP contribution in [0, 0.1) is 0 Å². The molecular weight excluding hydrogens is 302 g/mol. The van der Waals surface area contributed by atoms with Gasteiger partial charge in [-0.05, 0) is 12.1 Å². The van der Waals surface area contributed by atoms with Crippen LogP contribution in [0.25, 0.3) is 10.8 Å². The van der Waals surface area contributed by atoms with Crippen molar-refractivity contribution >= 4 is 26.6 Å². The van der Waals surface area contributed by atoms with E-state index in [4.69, 9.17) is 9.92 Å². The zero-order chi connectivity index (χ0) is 15.7. The van der Waals surface area contributed by atoms with Gasteiger partial charge in [-0.1, -0.05) is 42.5 Å². The van der Waals surface area contributed by atoms with E-state index in [0.29, 0.717) is 10.8 Å². The van der Waals surface area contributed by atoms with Crippen molar-refractivity contribution in [3.8, 4) is 11.5 Å². The van der Waals surface area contributed by atoms with Crippen molar-refractivity contribution < 1.29 is 17.7 Å². The number of nitrogen functional groups attached to an aromatic ring is 1. The van der Waals surface area contributed by atoms with Gasteiger partial charge in [0.2, 0.25) is 0 Å². The topological polar surface area (TPSA) is 89.6 Å². The third-order valence-electron chi connectivity index (χ3n) is 3.24. The first-order valence-corrected chi connectivity index (χ1v) is 7.89. The van der Waals surface area contributed by atoms with Gasteiger partial charge in [0, 0.05) is 16.8 Å². The molecule has 0 spiro atoms. The standard InChI is InChI=1S/C16H13NO4S/c17-16-13-9-5-4-8-12(13)15(10-14(16)18)22(19,20)21-11-6-2-1-3-7-11/h1-10,18H,17H2. The third kappa shape index (κ3) is 2.44. The van der Waals surface area contributed by atoms with Crippen LogP contribution < -0.4 is 9.92 Å². The summed E-state index contributed by atoms with van der Waals surface area (Å²) in [4.78, 5) is -0.126. The second kappa shape index (κ2) is 5.23. The molecule has 0 saturated carbocycles. The number of rotatable bonds is 3. The number of nitrogens with two attached hydrogens (primary N) is 1. The first kappa shape index (κ1) is 14.2. The Bertz CT molecular complexity index is 937. The minimum absolute atomic E-state index is 0.126. The average Bonchev–Trinajstić information content (AvgIpc) is 2.51. The Balaban J connectivity index is 2.19. The molecule has 112 valence electrons. The van der Waals surface area contributed by atoms with E-state index >= 15 is 0 Å². The maximum absolute atomic E-state index is 12.5. The molecule has 22 heavy (non-hydrogen) atoms. The summed E-state index contributed by atoms with van der Waals surface area (Å²) in [6, 6.07) is 16.0. The molecule has 0 saturated heterocycles. The van der Waals surface area contributed by atoms with Crippen LogP contribution in [0.15, 0.2) is 65.6 Å². The third-order valence-corrected chi connectivity index (χ3v) is 4.53. The molecule has 6 heteroatoms. The number of hydrogen-bond donors (Lipinski definition) is 2. The van der Waals surface area contributed by atoms with Crippen molar-refractivity contribution in [3.63, 3.8) is 0 Å². The summed E-state index contributed by atoms with van der Waals surface area (Å²) in [5, 5.41) is 10.7. The number of phenolic OH excluding ortho intramolecular Hbond substituents is 1. The second-order valence-electron chi connectivity index (χ2n) is 4.70. The van der Waals surface area contributed by atoms with Crippen LogP contribution in [-0.4, -0.2) is 13.5 Å². The predicted octanol–water partition coefficient (Wildman–Crippen LogP) is 2.90. The molecule has 0 aliphatic heterocycles. The summed E-state index contributed by atoms with van der Waals surface area (Å²) < 4.78 is 30.1. The number of benzene rings is 3. The number of phenols is 1. The van der Waals surface area contributed by atoms with Gasteiger partial charge in [0.25, 0.3) is 0 Å². The molecule has 0 aliphatic carbocycles. The summed E-state index contributed by atoms with van der Waals surface area (Å²) in [5.74, 6) is -0.100. The maximum atomic E-state index is 12.5. The zero-order valence-electron chi connectivity index (χ0n) is 11.4. The molecule has 0 aromatic heterocycles. The molecule has 3 rings (SSSR count). The molecule has 0 atom stereocenters. The average molecular weight is 315 g/mol. The highest BCUT2D eigenvalue weighted by Gasteiger charge is 2.22. The first-order chi connectivity index (χ1) is 10.5. The highest BCUT2D eigenvalue weighted by Crippen LogP contribution is 2.35. The van der Waals surface area contributed by atoms with Crippen LogP contribution in [0.3, 0.4) is 0 Å². The van der Waals surface area contributed by atoms with E-state index in [1.807, 2.05) is 0 Å². The van der Waals surface area contributed by atoms with Crippen LogP contribution >= 0.6 is 0 Å². The largest absolute Gasteiger partial charge is 0.506 e. The molecule has 0 fully saturated rings. The predicted molar refractivity (Wildman–Crippen MR) is 84.3 cm³/mol. The summed E-state index contributed by atoms with van der Waals surface area (Å²) in [7, 11) is -4.09. The van der Waals surface area contributed by atoms with E-state index in [-0.39, 0.29) is 22.1 Å². The van der Waals surface area contributed by atoms with Crippen LogP contribution in [0.2, 0.25) is 0 Å². The fourth-order valence-corrected chi connectivity index (χ4v) is 3.36. The Morgan fingerprint density at radius 3 is 2.18 bits per heavy atom. The Kier molecular flexibility index (Phi) is 3.38. The van der Waals surface area contributed by atoms with E-state index in [1.54, 1.807) is 42.5 Å². The summed E-state index contributed by atoms with van der Waals surface area (Å²) in [5.41, 5.74) is 5.93. The zero-order valence-corrected chi connectivity index (χ0v) is 12.2. The Hall–Kier alpha value is -2.73. The highest BCUT2D eigenvalue weighted by molar-refractivity contribution is 7.87. The van der Waals surface area contributed by atoms with Crippen LogP contribution in [0.4, 0.5) is 5.69 Å². The SMILES string of the molecule is Nc1c(O)cc(S(=O)(=O)Oc2ccccc2)c2ccccc12. The van der Waals surface area contributed by atoms with Crippen LogP contribution in [-0.2, 0) is 10.1 Å². The molecule has 0 radical (unpaired) electrons. The number of anilines is 1. The van der Waals surface area contributed by atoms with Gasteiger partial charge in [0.15, 0.2) is 0 Å². The van der Waals surface area contributed by atoms with Crippen LogP contribution in [0.1, 0.15) is 0 Å². The minimum atomic E-state index is -4.09. The van der Waals surface area contributed by atoms with Gasteiger partial charge >= 0.3 is 10.1 Å². The maximum Gasteiger partial charge on any atom is 0.339 e. The normalized spacial score (nSPS) is 11.5. The number of fused-ring (bicyclic) bond motifs is 1. The smallest absolute Gasteiger partial charge is 0.339 e. The van der Waals surface area contributed by atoms with Crippen molar-refractivity contribution in [3.05, 3.63) is 60.7 Å². The molecular formula is C16H13NO4S. The molecule has 0 heterocycles. The lowest BCUT2D eigenvalue weighted by atomic mass is 10.1. The van der Waals surface area contributed by atoms with Gasteiger partial charge in [-0.25, -0.2) is 0 Å². The molecule has 0 amide bonds. The van der Waals surface area contributed by atoms with Crippen molar-refractivity contribution in [2.45, 2.75) is 4.90 Å². The lowest BCUT2D eigenvalue weighted by Gasteiger charge is -2.12. The lowest BCUT2D eigenvalue weighted by molar-refractivity contribution is 0.471. The summed E-state index contributed by atoms with van der Waals surface area (Å²) in [6.45, 7) is 0. The van der Waals surface area contributed by atoms with Crippen LogP contribution in [0.5, 0.6) is 11.5 Å². The molecule has 5 nitrogen and oxygen atoms in total.